The van der Waals surface area contributed by atoms with Gasteiger partial charge in [0.25, 0.3) is 0 Å². The van der Waals surface area contributed by atoms with Crippen LogP contribution in [-0.2, 0) is 23.9 Å². The maximum atomic E-state index is 14.2. The summed E-state index contributed by atoms with van der Waals surface area (Å²) in [5, 5.41) is 6.01. The Morgan fingerprint density at radius 1 is 1.17 bits per heavy atom. The summed E-state index contributed by atoms with van der Waals surface area (Å²) < 4.78 is 11.6. The zero-order valence-electron chi connectivity index (χ0n) is 21.3. The highest BCUT2D eigenvalue weighted by molar-refractivity contribution is 6.11. The van der Waals surface area contributed by atoms with Crippen LogP contribution in [-0.4, -0.2) is 59.1 Å². The molecular formula is C27H33N3O6. The van der Waals surface area contributed by atoms with Crippen LogP contribution < -0.4 is 15.5 Å². The second kappa shape index (κ2) is 8.16. The summed E-state index contributed by atoms with van der Waals surface area (Å²) in [6.07, 6.45) is 5.42. The standard InChI is InChI=1S/C27H33N3O6/c1-6-35-24(34)15-8-7-9-17(14-15)30-20(22(32)29-25(2,3)4)27-13-12-26(5,36-27)18(19(27)23(30)33)21(31)28-16-10-11-16/h7-9,12-14,16,18-20H,6,10-11H2,1-5H3,(H,28,31)(H,29,32)/t18-,19+,20+,26+,27+/m0/s1. The molecule has 3 fully saturated rings. The van der Waals surface area contributed by atoms with E-state index in [4.69, 9.17) is 9.47 Å². The summed E-state index contributed by atoms with van der Waals surface area (Å²) in [5.74, 6) is -3.19. The number of anilines is 1. The van der Waals surface area contributed by atoms with Crippen LogP contribution in [0, 0.1) is 11.8 Å². The predicted octanol–water partition coefficient (Wildman–Crippen LogP) is 2.10. The number of amides is 3. The van der Waals surface area contributed by atoms with E-state index in [1.807, 2.05) is 26.8 Å². The Balaban J connectivity index is 1.60. The predicted molar refractivity (Wildman–Crippen MR) is 131 cm³/mol. The first kappa shape index (κ1) is 24.5. The molecule has 36 heavy (non-hydrogen) atoms. The van der Waals surface area contributed by atoms with E-state index in [1.54, 1.807) is 44.2 Å². The van der Waals surface area contributed by atoms with Crippen LogP contribution in [0.15, 0.2) is 36.4 Å². The van der Waals surface area contributed by atoms with Gasteiger partial charge in [-0.2, -0.15) is 0 Å². The van der Waals surface area contributed by atoms with Crippen molar-refractivity contribution < 1.29 is 28.7 Å². The Labute approximate surface area is 210 Å². The summed E-state index contributed by atoms with van der Waals surface area (Å²) in [6.45, 7) is 9.30. The molecule has 1 aromatic carbocycles. The topological polar surface area (TPSA) is 114 Å². The average molecular weight is 496 g/mol. The summed E-state index contributed by atoms with van der Waals surface area (Å²) in [7, 11) is 0. The van der Waals surface area contributed by atoms with Crippen molar-refractivity contribution in [3.8, 4) is 0 Å². The Bertz CT molecular complexity index is 1170. The smallest absolute Gasteiger partial charge is 0.338 e. The van der Waals surface area contributed by atoms with E-state index in [2.05, 4.69) is 10.6 Å². The van der Waals surface area contributed by atoms with Crippen LogP contribution in [0.5, 0.6) is 0 Å². The van der Waals surface area contributed by atoms with Gasteiger partial charge in [-0.1, -0.05) is 18.2 Å². The van der Waals surface area contributed by atoms with Crippen molar-refractivity contribution >= 4 is 29.4 Å². The minimum absolute atomic E-state index is 0.119. The normalized spacial score (nSPS) is 32.4. The fourth-order valence-electron chi connectivity index (χ4n) is 5.77. The number of carbonyl (C=O) groups excluding carboxylic acids is 4. The van der Waals surface area contributed by atoms with E-state index in [-0.39, 0.29) is 30.0 Å². The average Bonchev–Trinajstić information content (AvgIpc) is 3.40. The molecule has 2 N–H and O–H groups in total. The minimum atomic E-state index is -1.31. The molecule has 1 saturated carbocycles. The maximum absolute atomic E-state index is 14.2. The van der Waals surface area contributed by atoms with Gasteiger partial charge in [0.05, 0.1) is 29.6 Å². The molecule has 192 valence electrons. The van der Waals surface area contributed by atoms with Gasteiger partial charge in [0, 0.05) is 17.3 Å². The monoisotopic (exact) mass is 495 g/mol. The molecule has 1 aliphatic carbocycles. The highest BCUT2D eigenvalue weighted by atomic mass is 16.5. The van der Waals surface area contributed by atoms with Gasteiger partial charge < -0.3 is 20.1 Å². The quantitative estimate of drug-likeness (QED) is 0.462. The first-order valence-corrected chi connectivity index (χ1v) is 12.5. The third-order valence-corrected chi connectivity index (χ3v) is 7.29. The van der Waals surface area contributed by atoms with Gasteiger partial charge in [-0.05, 0) is 65.7 Å². The molecule has 3 aliphatic heterocycles. The number of rotatable bonds is 6. The van der Waals surface area contributed by atoms with Gasteiger partial charge in [0.15, 0.2) is 0 Å². The number of hydrogen-bond acceptors (Lipinski definition) is 6. The Morgan fingerprint density at radius 3 is 2.53 bits per heavy atom. The van der Waals surface area contributed by atoms with Crippen LogP contribution in [0.4, 0.5) is 5.69 Å². The van der Waals surface area contributed by atoms with Crippen molar-refractivity contribution in [2.45, 2.75) is 76.3 Å². The van der Waals surface area contributed by atoms with Crippen LogP contribution in [0.2, 0.25) is 0 Å². The number of nitrogens with one attached hydrogen (secondary N) is 2. The van der Waals surface area contributed by atoms with Gasteiger partial charge >= 0.3 is 5.97 Å². The fraction of sp³-hybridized carbons (Fsp3) is 0.556. The van der Waals surface area contributed by atoms with Crippen molar-refractivity contribution in [2.24, 2.45) is 11.8 Å². The summed E-state index contributed by atoms with van der Waals surface area (Å²) in [5.41, 5.74) is -2.25. The second-order valence-corrected chi connectivity index (χ2v) is 11.3. The Morgan fingerprint density at radius 2 is 1.89 bits per heavy atom. The molecule has 1 aromatic rings. The molecule has 0 radical (unpaired) electrons. The number of benzene rings is 1. The summed E-state index contributed by atoms with van der Waals surface area (Å²) in [4.78, 5) is 55.1. The third-order valence-electron chi connectivity index (χ3n) is 7.29. The van der Waals surface area contributed by atoms with Gasteiger partial charge in [0.1, 0.15) is 11.6 Å². The molecular weight excluding hydrogens is 462 g/mol. The van der Waals surface area contributed by atoms with Gasteiger partial charge in [-0.15, -0.1) is 0 Å². The molecule has 9 heteroatoms. The van der Waals surface area contributed by atoms with E-state index < -0.39 is 46.5 Å². The molecule has 5 atom stereocenters. The molecule has 9 nitrogen and oxygen atoms in total. The zero-order valence-corrected chi connectivity index (χ0v) is 21.3. The van der Waals surface area contributed by atoms with Crippen molar-refractivity contribution in [1.29, 1.82) is 0 Å². The number of nitrogens with zero attached hydrogens (tertiary/aromatic N) is 1. The van der Waals surface area contributed by atoms with Crippen LogP contribution in [0.1, 0.15) is 57.8 Å². The Kier molecular flexibility index (Phi) is 5.55. The summed E-state index contributed by atoms with van der Waals surface area (Å²) in [6, 6.07) is 5.51. The van der Waals surface area contributed by atoms with E-state index in [1.165, 1.54) is 4.90 Å². The highest BCUT2D eigenvalue weighted by Gasteiger charge is 2.76. The molecule has 2 bridgehead atoms. The number of fused-ring (bicyclic) bond motifs is 1. The van der Waals surface area contributed by atoms with Crippen LogP contribution in [0.3, 0.4) is 0 Å². The van der Waals surface area contributed by atoms with Gasteiger partial charge in [-0.3, -0.25) is 19.3 Å². The zero-order chi connectivity index (χ0) is 26.0. The van der Waals surface area contributed by atoms with E-state index >= 15 is 0 Å². The van der Waals surface area contributed by atoms with Crippen LogP contribution >= 0.6 is 0 Å². The molecule has 0 unspecified atom stereocenters. The highest BCUT2D eigenvalue weighted by Crippen LogP contribution is 2.60. The third kappa shape index (κ3) is 3.80. The lowest BCUT2D eigenvalue weighted by Crippen LogP contribution is -2.58. The van der Waals surface area contributed by atoms with E-state index in [0.717, 1.165) is 12.8 Å². The van der Waals surface area contributed by atoms with Crippen LogP contribution in [0.25, 0.3) is 0 Å². The minimum Gasteiger partial charge on any atom is -0.462 e. The SMILES string of the molecule is CCOC(=O)c1cccc(N2C(=O)[C@H]3[C@@H](C(=O)NC4CC4)[C@@]4(C)C=C[C@]3(O4)[C@H]2C(=O)NC(C)(C)C)c1. The molecule has 0 aromatic heterocycles. The molecule has 4 aliphatic rings. The number of hydrogen-bond donors (Lipinski definition) is 2. The lowest BCUT2D eigenvalue weighted by Gasteiger charge is -2.35. The maximum Gasteiger partial charge on any atom is 0.338 e. The molecule has 3 amide bonds. The van der Waals surface area contributed by atoms with E-state index in [9.17, 15) is 19.2 Å². The number of esters is 1. The fourth-order valence-corrected chi connectivity index (χ4v) is 5.77. The molecule has 3 heterocycles. The lowest BCUT2D eigenvalue weighted by atomic mass is 9.70. The molecule has 1 spiro atoms. The lowest BCUT2D eigenvalue weighted by molar-refractivity contribution is -0.134. The first-order valence-electron chi connectivity index (χ1n) is 12.5. The van der Waals surface area contributed by atoms with E-state index in [0.29, 0.717) is 5.69 Å². The van der Waals surface area contributed by atoms with Crippen molar-refractivity contribution in [3.63, 3.8) is 0 Å². The second-order valence-electron chi connectivity index (χ2n) is 11.3. The molecule has 2 saturated heterocycles. The van der Waals surface area contributed by atoms with Gasteiger partial charge in [0.2, 0.25) is 17.7 Å². The van der Waals surface area contributed by atoms with Gasteiger partial charge in [-0.25, -0.2) is 4.79 Å². The number of carbonyl (C=O) groups is 4. The number of ether oxygens (including phenoxy) is 2. The van der Waals surface area contributed by atoms with Crippen molar-refractivity contribution in [3.05, 3.63) is 42.0 Å². The largest absolute Gasteiger partial charge is 0.462 e. The molecule has 5 rings (SSSR count). The Hall–Kier alpha value is -3.20. The first-order chi connectivity index (χ1) is 16.9. The van der Waals surface area contributed by atoms with Crippen molar-refractivity contribution in [2.75, 3.05) is 11.5 Å². The van der Waals surface area contributed by atoms with Crippen molar-refractivity contribution in [1.82, 2.24) is 10.6 Å². The summed E-state index contributed by atoms with van der Waals surface area (Å²) >= 11 is 0.